The molecule has 2 nitrogen and oxygen atoms in total. The molecule has 1 aromatic rings. The van der Waals surface area contributed by atoms with Crippen molar-refractivity contribution in [3.05, 3.63) is 34.9 Å². The number of nitrogens with two attached hydrogens (primary N) is 1. The third kappa shape index (κ3) is 2.87. The van der Waals surface area contributed by atoms with Crippen LogP contribution in [0, 0.1) is 5.92 Å². The Kier molecular flexibility index (Phi) is 4.31. The summed E-state index contributed by atoms with van der Waals surface area (Å²) >= 11 is 6.11. The first-order valence-electron chi connectivity index (χ1n) is 6.76. The van der Waals surface area contributed by atoms with Crippen molar-refractivity contribution in [1.82, 2.24) is 4.90 Å². The van der Waals surface area contributed by atoms with Gasteiger partial charge in [-0.2, -0.15) is 0 Å². The summed E-state index contributed by atoms with van der Waals surface area (Å²) in [5, 5.41) is 0.790. The molecule has 3 heteroatoms. The van der Waals surface area contributed by atoms with Gasteiger partial charge in [0.15, 0.2) is 0 Å². The third-order valence-electron chi connectivity index (χ3n) is 3.88. The molecule has 1 aliphatic rings. The third-order valence-corrected chi connectivity index (χ3v) is 4.11. The van der Waals surface area contributed by atoms with Crippen LogP contribution in [0.1, 0.15) is 38.8 Å². The van der Waals surface area contributed by atoms with E-state index in [1.807, 2.05) is 18.2 Å². The van der Waals surface area contributed by atoms with E-state index < -0.39 is 0 Å². The van der Waals surface area contributed by atoms with Gasteiger partial charge in [-0.05, 0) is 43.9 Å². The second-order valence-electron chi connectivity index (χ2n) is 5.75. The Labute approximate surface area is 115 Å². The Morgan fingerprint density at radius 3 is 2.61 bits per heavy atom. The quantitative estimate of drug-likeness (QED) is 0.908. The van der Waals surface area contributed by atoms with E-state index >= 15 is 0 Å². The Morgan fingerprint density at radius 2 is 2.11 bits per heavy atom. The van der Waals surface area contributed by atoms with Crippen LogP contribution in [0.2, 0.25) is 5.02 Å². The molecule has 4 atom stereocenters. The van der Waals surface area contributed by atoms with Gasteiger partial charge in [-0.15, -0.1) is 0 Å². The van der Waals surface area contributed by atoms with E-state index in [2.05, 4.69) is 31.7 Å². The van der Waals surface area contributed by atoms with Gasteiger partial charge in [0.1, 0.15) is 0 Å². The molecule has 0 saturated carbocycles. The molecule has 1 aliphatic heterocycles. The highest BCUT2D eigenvalue weighted by atomic mass is 35.5. The second kappa shape index (κ2) is 5.60. The first kappa shape index (κ1) is 13.9. The lowest BCUT2D eigenvalue weighted by molar-refractivity contribution is 0.167. The van der Waals surface area contributed by atoms with E-state index in [-0.39, 0.29) is 12.1 Å². The topological polar surface area (TPSA) is 29.3 Å². The van der Waals surface area contributed by atoms with Crippen LogP contribution in [0.4, 0.5) is 0 Å². The summed E-state index contributed by atoms with van der Waals surface area (Å²) in [6.45, 7) is 7.82. The summed E-state index contributed by atoms with van der Waals surface area (Å²) < 4.78 is 0. The van der Waals surface area contributed by atoms with Gasteiger partial charge in [0.05, 0.1) is 0 Å². The molecular weight excluding hydrogens is 244 g/mol. The molecule has 0 aromatic heterocycles. The van der Waals surface area contributed by atoms with Gasteiger partial charge < -0.3 is 5.73 Å². The lowest BCUT2D eigenvalue weighted by atomic mass is 9.98. The van der Waals surface area contributed by atoms with Gasteiger partial charge >= 0.3 is 0 Å². The predicted octanol–water partition coefficient (Wildman–Crippen LogP) is 3.46. The summed E-state index contributed by atoms with van der Waals surface area (Å²) in [6.07, 6.45) is 1.25. The highest BCUT2D eigenvalue weighted by molar-refractivity contribution is 6.30. The van der Waals surface area contributed by atoms with Crippen molar-refractivity contribution >= 4 is 11.6 Å². The van der Waals surface area contributed by atoms with Crippen molar-refractivity contribution in [1.29, 1.82) is 0 Å². The molecule has 0 amide bonds. The predicted molar refractivity (Wildman–Crippen MR) is 77.8 cm³/mol. The van der Waals surface area contributed by atoms with E-state index in [4.69, 9.17) is 17.3 Å². The minimum absolute atomic E-state index is 0.108. The molecule has 100 valence electrons. The Morgan fingerprint density at radius 1 is 1.39 bits per heavy atom. The van der Waals surface area contributed by atoms with Gasteiger partial charge in [0.2, 0.25) is 0 Å². The minimum atomic E-state index is 0.108. The molecule has 2 rings (SSSR count). The van der Waals surface area contributed by atoms with Crippen LogP contribution in [0.25, 0.3) is 0 Å². The molecule has 1 aromatic carbocycles. The average Bonchev–Trinajstić information content (AvgIpc) is 2.58. The molecule has 1 fully saturated rings. The monoisotopic (exact) mass is 266 g/mol. The molecule has 2 N–H and O–H groups in total. The van der Waals surface area contributed by atoms with Crippen molar-refractivity contribution in [2.75, 3.05) is 6.54 Å². The Hall–Kier alpha value is -0.570. The highest BCUT2D eigenvalue weighted by Crippen LogP contribution is 2.34. The lowest BCUT2D eigenvalue weighted by Gasteiger charge is -2.34. The zero-order valence-electron chi connectivity index (χ0n) is 11.4. The van der Waals surface area contributed by atoms with Crippen molar-refractivity contribution in [3.8, 4) is 0 Å². The van der Waals surface area contributed by atoms with Crippen molar-refractivity contribution in [2.45, 2.75) is 45.3 Å². The molecule has 0 spiro atoms. The van der Waals surface area contributed by atoms with E-state index in [1.54, 1.807) is 0 Å². The number of rotatable bonds is 3. The SMILES string of the molecule is CC1CC(C)N(C(c2cccc(Cl)c2)C(C)N)C1. The molecule has 0 aliphatic carbocycles. The fourth-order valence-electron chi connectivity index (χ4n) is 3.21. The number of halogens is 1. The fourth-order valence-corrected chi connectivity index (χ4v) is 3.41. The Bertz CT molecular complexity index is 405. The summed E-state index contributed by atoms with van der Waals surface area (Å²) in [7, 11) is 0. The number of hydrogen-bond donors (Lipinski definition) is 1. The molecule has 1 saturated heterocycles. The van der Waals surface area contributed by atoms with Gasteiger partial charge in [0.25, 0.3) is 0 Å². The minimum Gasteiger partial charge on any atom is -0.326 e. The summed E-state index contributed by atoms with van der Waals surface area (Å²) in [5.41, 5.74) is 7.46. The van der Waals surface area contributed by atoms with Crippen molar-refractivity contribution in [2.24, 2.45) is 11.7 Å². The van der Waals surface area contributed by atoms with Crippen LogP contribution in [0.15, 0.2) is 24.3 Å². The van der Waals surface area contributed by atoms with Crippen LogP contribution >= 0.6 is 11.6 Å². The molecule has 1 heterocycles. The molecular formula is C15H23ClN2. The summed E-state index contributed by atoms with van der Waals surface area (Å²) in [5.74, 6) is 0.750. The summed E-state index contributed by atoms with van der Waals surface area (Å²) in [4.78, 5) is 2.53. The number of nitrogens with zero attached hydrogens (tertiary/aromatic N) is 1. The molecule has 18 heavy (non-hydrogen) atoms. The maximum atomic E-state index is 6.22. The van der Waals surface area contributed by atoms with Crippen LogP contribution in [0.5, 0.6) is 0 Å². The average molecular weight is 267 g/mol. The fraction of sp³-hybridized carbons (Fsp3) is 0.600. The first-order chi connectivity index (χ1) is 8.49. The first-order valence-corrected chi connectivity index (χ1v) is 7.13. The number of hydrogen-bond acceptors (Lipinski definition) is 2. The van der Waals surface area contributed by atoms with E-state index in [9.17, 15) is 0 Å². The number of likely N-dealkylation sites (tertiary alicyclic amines) is 1. The molecule has 0 radical (unpaired) electrons. The van der Waals surface area contributed by atoms with E-state index in [0.29, 0.717) is 6.04 Å². The van der Waals surface area contributed by atoms with E-state index in [1.165, 1.54) is 12.0 Å². The van der Waals surface area contributed by atoms with E-state index in [0.717, 1.165) is 17.5 Å². The van der Waals surface area contributed by atoms with Crippen molar-refractivity contribution in [3.63, 3.8) is 0 Å². The zero-order chi connectivity index (χ0) is 13.3. The van der Waals surface area contributed by atoms with Gasteiger partial charge in [-0.1, -0.05) is 30.7 Å². The standard InChI is InChI=1S/C15H23ClN2/c1-10-7-11(2)18(9-10)15(12(3)17)13-5-4-6-14(16)8-13/h4-6,8,10-12,15H,7,9,17H2,1-3H3. The van der Waals surface area contributed by atoms with Gasteiger partial charge in [-0.25, -0.2) is 0 Å². The normalized spacial score (nSPS) is 28.3. The zero-order valence-corrected chi connectivity index (χ0v) is 12.2. The summed E-state index contributed by atoms with van der Waals surface area (Å²) in [6, 6.07) is 9.08. The maximum absolute atomic E-state index is 6.22. The second-order valence-corrected chi connectivity index (χ2v) is 6.18. The Balaban J connectivity index is 2.29. The van der Waals surface area contributed by atoms with Gasteiger partial charge in [-0.3, -0.25) is 4.90 Å². The largest absolute Gasteiger partial charge is 0.326 e. The van der Waals surface area contributed by atoms with Gasteiger partial charge in [0, 0.05) is 29.7 Å². The van der Waals surface area contributed by atoms with Crippen molar-refractivity contribution < 1.29 is 0 Å². The van der Waals surface area contributed by atoms with Crippen LogP contribution < -0.4 is 5.73 Å². The lowest BCUT2D eigenvalue weighted by Crippen LogP contribution is -2.41. The van der Waals surface area contributed by atoms with Crippen LogP contribution in [0.3, 0.4) is 0 Å². The molecule has 0 bridgehead atoms. The van der Waals surface area contributed by atoms with Crippen LogP contribution in [-0.4, -0.2) is 23.5 Å². The molecule has 4 unspecified atom stereocenters. The van der Waals surface area contributed by atoms with Crippen LogP contribution in [-0.2, 0) is 0 Å². The smallest absolute Gasteiger partial charge is 0.0499 e. The maximum Gasteiger partial charge on any atom is 0.0499 e. The highest BCUT2D eigenvalue weighted by Gasteiger charge is 2.34. The number of benzene rings is 1.